The molecular weight excluding hydrogens is 291 g/mol. The van der Waals surface area contributed by atoms with E-state index in [9.17, 15) is 4.39 Å². The van der Waals surface area contributed by atoms with Crippen LogP contribution in [-0.2, 0) is 0 Å². The molecule has 5 heteroatoms. The van der Waals surface area contributed by atoms with Gasteiger partial charge in [-0.3, -0.25) is 4.57 Å². The van der Waals surface area contributed by atoms with Crippen molar-refractivity contribution in [2.75, 3.05) is 37.0 Å². The zero-order valence-electron chi connectivity index (χ0n) is 13.3. The largest absolute Gasteiger partial charge is 0.378 e. The summed E-state index contributed by atoms with van der Waals surface area (Å²) >= 11 is 0. The minimum Gasteiger partial charge on any atom is -0.378 e. The number of aromatic nitrogens is 2. The number of anilines is 2. The summed E-state index contributed by atoms with van der Waals surface area (Å²) in [5.41, 5.74) is 4.28. The molecule has 0 saturated carbocycles. The highest BCUT2D eigenvalue weighted by atomic mass is 19.1. The Hall–Kier alpha value is -2.56. The van der Waals surface area contributed by atoms with Crippen LogP contribution in [0.1, 0.15) is 6.42 Å². The van der Waals surface area contributed by atoms with Crippen molar-refractivity contribution in [2.45, 2.75) is 6.42 Å². The normalized spacial score (nSPS) is 14.1. The van der Waals surface area contributed by atoms with Crippen LogP contribution in [0, 0.1) is 5.82 Å². The highest BCUT2D eigenvalue weighted by Gasteiger charge is 2.18. The molecule has 4 rings (SSSR count). The molecule has 2 aromatic carbocycles. The van der Waals surface area contributed by atoms with E-state index in [4.69, 9.17) is 0 Å². The summed E-state index contributed by atoms with van der Waals surface area (Å²) in [7, 11) is 4.02. The maximum absolute atomic E-state index is 14.4. The third kappa shape index (κ3) is 2.32. The number of benzene rings is 2. The Morgan fingerprint density at radius 2 is 1.78 bits per heavy atom. The molecule has 0 N–H and O–H groups in total. The van der Waals surface area contributed by atoms with Crippen molar-refractivity contribution in [1.29, 1.82) is 0 Å². The second-order valence-electron chi connectivity index (χ2n) is 6.16. The van der Waals surface area contributed by atoms with Crippen molar-refractivity contribution < 1.29 is 4.39 Å². The Morgan fingerprint density at radius 3 is 2.39 bits per heavy atom. The van der Waals surface area contributed by atoms with Gasteiger partial charge < -0.3 is 9.80 Å². The van der Waals surface area contributed by atoms with E-state index in [1.165, 1.54) is 6.42 Å². The SMILES string of the molecule is CN(C)c1ccc(-n2cnc3c(F)cc(N4CCC4)cc32)cc1. The topological polar surface area (TPSA) is 24.3 Å². The minimum atomic E-state index is -0.256. The molecule has 0 aliphatic carbocycles. The summed E-state index contributed by atoms with van der Waals surface area (Å²) in [4.78, 5) is 8.50. The molecule has 1 aliphatic rings. The van der Waals surface area contributed by atoms with E-state index < -0.39 is 0 Å². The van der Waals surface area contributed by atoms with Crippen LogP contribution in [0.3, 0.4) is 0 Å². The van der Waals surface area contributed by atoms with Gasteiger partial charge in [-0.25, -0.2) is 9.37 Å². The van der Waals surface area contributed by atoms with E-state index in [0.717, 1.165) is 35.7 Å². The maximum Gasteiger partial charge on any atom is 0.153 e. The van der Waals surface area contributed by atoms with E-state index in [0.29, 0.717) is 5.52 Å². The van der Waals surface area contributed by atoms with Gasteiger partial charge in [-0.1, -0.05) is 0 Å². The van der Waals surface area contributed by atoms with Crippen LogP contribution in [0.15, 0.2) is 42.7 Å². The lowest BCUT2D eigenvalue weighted by Crippen LogP contribution is -2.37. The highest BCUT2D eigenvalue weighted by molar-refractivity contribution is 5.82. The Morgan fingerprint density at radius 1 is 1.04 bits per heavy atom. The van der Waals surface area contributed by atoms with Crippen LogP contribution in [0.4, 0.5) is 15.8 Å². The van der Waals surface area contributed by atoms with Crippen molar-refractivity contribution in [3.05, 3.63) is 48.5 Å². The molecule has 1 aliphatic heterocycles. The van der Waals surface area contributed by atoms with Crippen LogP contribution in [0.2, 0.25) is 0 Å². The van der Waals surface area contributed by atoms with Crippen LogP contribution in [0.25, 0.3) is 16.7 Å². The van der Waals surface area contributed by atoms with Gasteiger partial charge in [0.25, 0.3) is 0 Å². The highest BCUT2D eigenvalue weighted by Crippen LogP contribution is 2.29. The van der Waals surface area contributed by atoms with Crippen LogP contribution < -0.4 is 9.80 Å². The number of rotatable bonds is 3. The number of hydrogen-bond acceptors (Lipinski definition) is 3. The van der Waals surface area contributed by atoms with E-state index in [1.807, 2.05) is 36.9 Å². The van der Waals surface area contributed by atoms with Crippen molar-refractivity contribution in [3.63, 3.8) is 0 Å². The third-order valence-electron chi connectivity index (χ3n) is 4.46. The number of halogens is 1. The molecule has 118 valence electrons. The molecule has 0 radical (unpaired) electrons. The smallest absolute Gasteiger partial charge is 0.153 e. The second kappa shape index (κ2) is 5.26. The van der Waals surface area contributed by atoms with Crippen molar-refractivity contribution in [1.82, 2.24) is 9.55 Å². The zero-order valence-corrected chi connectivity index (χ0v) is 13.3. The summed E-state index contributed by atoms with van der Waals surface area (Å²) < 4.78 is 16.3. The number of hydrogen-bond donors (Lipinski definition) is 0. The molecule has 0 atom stereocenters. The van der Waals surface area contributed by atoms with E-state index in [-0.39, 0.29) is 5.82 Å². The molecule has 0 amide bonds. The molecule has 0 bridgehead atoms. The zero-order chi connectivity index (χ0) is 16.0. The van der Waals surface area contributed by atoms with Gasteiger partial charge >= 0.3 is 0 Å². The quantitative estimate of drug-likeness (QED) is 0.740. The fraction of sp³-hybridized carbons (Fsp3) is 0.278. The van der Waals surface area contributed by atoms with Crippen LogP contribution in [-0.4, -0.2) is 36.7 Å². The van der Waals surface area contributed by atoms with Gasteiger partial charge in [0.15, 0.2) is 5.82 Å². The first-order valence-electron chi connectivity index (χ1n) is 7.83. The first-order valence-corrected chi connectivity index (χ1v) is 7.83. The molecule has 1 aromatic heterocycles. The van der Waals surface area contributed by atoms with Gasteiger partial charge in [0.2, 0.25) is 0 Å². The molecule has 0 unspecified atom stereocenters. The van der Waals surface area contributed by atoms with Gasteiger partial charge in [0.05, 0.1) is 5.52 Å². The second-order valence-corrected chi connectivity index (χ2v) is 6.16. The van der Waals surface area contributed by atoms with E-state index in [1.54, 1.807) is 12.4 Å². The Bertz CT molecular complexity index is 847. The number of fused-ring (bicyclic) bond motifs is 1. The summed E-state index contributed by atoms with van der Waals surface area (Å²) in [6, 6.07) is 11.8. The van der Waals surface area contributed by atoms with Gasteiger partial charge in [0.1, 0.15) is 11.8 Å². The summed E-state index contributed by atoms with van der Waals surface area (Å²) in [5, 5.41) is 0. The molecule has 2 heterocycles. The third-order valence-corrected chi connectivity index (χ3v) is 4.46. The van der Waals surface area contributed by atoms with Gasteiger partial charge in [-0.15, -0.1) is 0 Å². The summed E-state index contributed by atoms with van der Waals surface area (Å²) in [5.74, 6) is -0.256. The van der Waals surface area contributed by atoms with Crippen molar-refractivity contribution >= 4 is 22.4 Å². The van der Waals surface area contributed by atoms with Crippen LogP contribution in [0.5, 0.6) is 0 Å². The molecule has 1 saturated heterocycles. The average molecular weight is 310 g/mol. The minimum absolute atomic E-state index is 0.256. The predicted molar refractivity (Wildman–Crippen MR) is 92.2 cm³/mol. The lowest BCUT2D eigenvalue weighted by Gasteiger charge is -2.33. The molecule has 1 fully saturated rings. The Balaban J connectivity index is 1.81. The summed E-state index contributed by atoms with van der Waals surface area (Å²) in [6.07, 6.45) is 2.86. The molecular formula is C18H19FN4. The van der Waals surface area contributed by atoms with E-state index in [2.05, 4.69) is 26.9 Å². The fourth-order valence-electron chi connectivity index (χ4n) is 2.93. The van der Waals surface area contributed by atoms with Crippen molar-refractivity contribution in [2.24, 2.45) is 0 Å². The molecule has 23 heavy (non-hydrogen) atoms. The molecule has 3 aromatic rings. The van der Waals surface area contributed by atoms with E-state index >= 15 is 0 Å². The molecule has 0 spiro atoms. The van der Waals surface area contributed by atoms with Crippen molar-refractivity contribution in [3.8, 4) is 5.69 Å². The standard InChI is InChI=1S/C18H19FN4/c1-21(2)13-4-6-14(7-5-13)23-12-20-18-16(19)10-15(11-17(18)23)22-8-3-9-22/h4-7,10-12H,3,8-9H2,1-2H3. The van der Waals surface area contributed by atoms with Gasteiger partial charge in [-0.2, -0.15) is 0 Å². The fourth-order valence-corrected chi connectivity index (χ4v) is 2.93. The first kappa shape index (κ1) is 14.1. The monoisotopic (exact) mass is 310 g/mol. The van der Waals surface area contributed by atoms with Gasteiger partial charge in [0, 0.05) is 44.2 Å². The lowest BCUT2D eigenvalue weighted by atomic mass is 10.1. The molecule has 4 nitrogen and oxygen atoms in total. The maximum atomic E-state index is 14.4. The average Bonchev–Trinajstić information content (AvgIpc) is 2.90. The predicted octanol–water partition coefficient (Wildman–Crippen LogP) is 3.44. The number of imidazole rings is 1. The Labute approximate surface area is 134 Å². The summed E-state index contributed by atoms with van der Waals surface area (Å²) in [6.45, 7) is 1.99. The first-order chi connectivity index (χ1) is 11.1. The van der Waals surface area contributed by atoms with Gasteiger partial charge in [-0.05, 0) is 42.8 Å². The Kier molecular flexibility index (Phi) is 3.22. The lowest BCUT2D eigenvalue weighted by molar-refractivity contribution is 0.607. The number of nitrogens with zero attached hydrogens (tertiary/aromatic N) is 4. The van der Waals surface area contributed by atoms with Crippen LogP contribution >= 0.6 is 0 Å².